The zero-order valence-corrected chi connectivity index (χ0v) is 20.0. The first kappa shape index (κ1) is 21.6. The Morgan fingerprint density at radius 2 is 1.59 bits per heavy atom. The number of rotatable bonds is 4. The fourth-order valence-corrected chi connectivity index (χ4v) is 8.66. The number of allylic oxidation sites excluding steroid dienone is 2. The monoisotopic (exact) mass is 398 g/mol. The SMILES string of the molecule is CC(C)[C@@H](C)/C=C/[C@H](C)[C@H]1CC[C@H]2[C@@H]3CC[C@H]4CC(=O)CC[C@]4(C)[C@H]3CC[C@]12C. The van der Waals surface area contributed by atoms with Gasteiger partial charge in [-0.1, -0.05) is 53.7 Å². The Balaban J connectivity index is 1.51. The number of Topliss-reactive ketones (excluding diaryl/α,β-unsaturated/α-hetero) is 1. The topological polar surface area (TPSA) is 17.1 Å². The number of carbonyl (C=O) groups excluding carboxylic acids is 1. The van der Waals surface area contributed by atoms with E-state index in [-0.39, 0.29) is 0 Å². The van der Waals surface area contributed by atoms with E-state index < -0.39 is 0 Å². The van der Waals surface area contributed by atoms with Gasteiger partial charge in [-0.05, 0) is 103 Å². The highest BCUT2D eigenvalue weighted by Gasteiger charge is 2.60. The van der Waals surface area contributed by atoms with Gasteiger partial charge in [-0.2, -0.15) is 0 Å². The highest BCUT2D eigenvalue weighted by atomic mass is 16.1. The van der Waals surface area contributed by atoms with E-state index in [4.69, 9.17) is 0 Å². The largest absolute Gasteiger partial charge is 0.300 e. The Labute approximate surface area is 180 Å². The van der Waals surface area contributed by atoms with Crippen molar-refractivity contribution in [3.8, 4) is 0 Å². The molecule has 1 nitrogen and oxygen atoms in total. The molecule has 29 heavy (non-hydrogen) atoms. The van der Waals surface area contributed by atoms with Crippen molar-refractivity contribution < 1.29 is 4.79 Å². The van der Waals surface area contributed by atoms with Crippen molar-refractivity contribution in [3.05, 3.63) is 12.2 Å². The van der Waals surface area contributed by atoms with Crippen LogP contribution in [-0.4, -0.2) is 5.78 Å². The summed E-state index contributed by atoms with van der Waals surface area (Å²) in [4.78, 5) is 12.1. The highest BCUT2D eigenvalue weighted by molar-refractivity contribution is 5.79. The second-order valence-electron chi connectivity index (χ2n) is 12.5. The van der Waals surface area contributed by atoms with Gasteiger partial charge in [-0.15, -0.1) is 0 Å². The molecule has 0 aromatic carbocycles. The smallest absolute Gasteiger partial charge is 0.133 e. The molecule has 1 heteroatoms. The molecule has 4 aliphatic rings. The summed E-state index contributed by atoms with van der Waals surface area (Å²) < 4.78 is 0. The normalized spacial score (nSPS) is 47.0. The molecule has 0 amide bonds. The second kappa shape index (κ2) is 7.83. The van der Waals surface area contributed by atoms with E-state index in [1.165, 1.54) is 44.9 Å². The molecule has 0 N–H and O–H groups in total. The third-order valence-electron chi connectivity index (χ3n) is 11.0. The lowest BCUT2D eigenvalue weighted by molar-refractivity contribution is -0.140. The van der Waals surface area contributed by atoms with Gasteiger partial charge < -0.3 is 0 Å². The second-order valence-corrected chi connectivity index (χ2v) is 12.5. The molecule has 9 atom stereocenters. The van der Waals surface area contributed by atoms with Crippen molar-refractivity contribution >= 4 is 5.78 Å². The Morgan fingerprint density at radius 3 is 2.31 bits per heavy atom. The summed E-state index contributed by atoms with van der Waals surface area (Å²) in [5.74, 6) is 6.97. The molecular formula is C28H46O. The summed E-state index contributed by atoms with van der Waals surface area (Å²) in [5, 5.41) is 0. The van der Waals surface area contributed by atoms with Gasteiger partial charge in [0.25, 0.3) is 0 Å². The van der Waals surface area contributed by atoms with Crippen molar-refractivity contribution in [2.45, 2.75) is 99.3 Å². The first-order valence-electron chi connectivity index (χ1n) is 12.9. The van der Waals surface area contributed by atoms with Crippen molar-refractivity contribution in [3.63, 3.8) is 0 Å². The maximum atomic E-state index is 12.1. The molecule has 0 bridgehead atoms. The molecule has 0 saturated heterocycles. The van der Waals surface area contributed by atoms with Crippen molar-refractivity contribution in [2.24, 2.45) is 58.2 Å². The summed E-state index contributed by atoms with van der Waals surface area (Å²) in [6, 6.07) is 0. The first-order valence-corrected chi connectivity index (χ1v) is 12.9. The number of ketones is 1. The van der Waals surface area contributed by atoms with E-state index in [1.54, 1.807) is 0 Å². The van der Waals surface area contributed by atoms with Gasteiger partial charge in [0.2, 0.25) is 0 Å². The molecule has 0 heterocycles. The molecule has 0 radical (unpaired) electrons. The van der Waals surface area contributed by atoms with E-state index in [0.29, 0.717) is 34.4 Å². The molecule has 0 aliphatic heterocycles. The summed E-state index contributed by atoms with van der Waals surface area (Å²) in [5.41, 5.74) is 0.994. The lowest BCUT2D eigenvalue weighted by atomic mass is 9.44. The van der Waals surface area contributed by atoms with Crippen LogP contribution in [0, 0.1) is 58.2 Å². The van der Waals surface area contributed by atoms with Gasteiger partial charge in [0.05, 0.1) is 0 Å². The molecule has 4 aliphatic carbocycles. The van der Waals surface area contributed by atoms with Gasteiger partial charge in [-0.25, -0.2) is 0 Å². The van der Waals surface area contributed by atoms with Crippen LogP contribution in [0.25, 0.3) is 0 Å². The van der Waals surface area contributed by atoms with Gasteiger partial charge in [0, 0.05) is 12.8 Å². The van der Waals surface area contributed by atoms with E-state index in [1.807, 2.05) is 0 Å². The van der Waals surface area contributed by atoms with Crippen LogP contribution in [-0.2, 0) is 4.79 Å². The molecule has 4 fully saturated rings. The average Bonchev–Trinajstić information content (AvgIpc) is 3.03. The van der Waals surface area contributed by atoms with Crippen molar-refractivity contribution in [1.29, 1.82) is 0 Å². The number of fused-ring (bicyclic) bond motifs is 5. The van der Waals surface area contributed by atoms with Gasteiger partial charge >= 0.3 is 0 Å². The fraction of sp³-hybridized carbons (Fsp3) is 0.893. The number of hydrogen-bond donors (Lipinski definition) is 0. The summed E-state index contributed by atoms with van der Waals surface area (Å²) in [6.07, 6.45) is 16.5. The summed E-state index contributed by atoms with van der Waals surface area (Å²) >= 11 is 0. The molecule has 164 valence electrons. The van der Waals surface area contributed by atoms with Crippen molar-refractivity contribution in [1.82, 2.24) is 0 Å². The third-order valence-corrected chi connectivity index (χ3v) is 11.0. The molecule has 4 rings (SSSR count). The summed E-state index contributed by atoms with van der Waals surface area (Å²) in [6.45, 7) is 14.8. The Kier molecular flexibility index (Phi) is 5.84. The zero-order valence-electron chi connectivity index (χ0n) is 20.0. The lowest BCUT2D eigenvalue weighted by Gasteiger charge is -2.60. The molecular weight excluding hydrogens is 352 g/mol. The van der Waals surface area contributed by atoms with E-state index in [9.17, 15) is 4.79 Å². The van der Waals surface area contributed by atoms with Crippen LogP contribution in [0.5, 0.6) is 0 Å². The molecule has 0 spiro atoms. The van der Waals surface area contributed by atoms with Crippen LogP contribution in [0.1, 0.15) is 99.3 Å². The highest BCUT2D eigenvalue weighted by Crippen LogP contribution is 2.68. The lowest BCUT2D eigenvalue weighted by Crippen LogP contribution is -2.53. The molecule has 0 unspecified atom stereocenters. The van der Waals surface area contributed by atoms with Gasteiger partial charge in [0.1, 0.15) is 5.78 Å². The minimum Gasteiger partial charge on any atom is -0.300 e. The van der Waals surface area contributed by atoms with E-state index in [2.05, 4.69) is 53.7 Å². The van der Waals surface area contributed by atoms with Crippen LogP contribution in [0.15, 0.2) is 12.2 Å². The van der Waals surface area contributed by atoms with E-state index >= 15 is 0 Å². The third kappa shape index (κ3) is 3.57. The molecule has 0 aromatic heterocycles. The van der Waals surface area contributed by atoms with Crippen LogP contribution >= 0.6 is 0 Å². The van der Waals surface area contributed by atoms with Crippen molar-refractivity contribution in [2.75, 3.05) is 0 Å². The maximum Gasteiger partial charge on any atom is 0.133 e. The Morgan fingerprint density at radius 1 is 0.862 bits per heavy atom. The van der Waals surface area contributed by atoms with Gasteiger partial charge in [-0.3, -0.25) is 4.79 Å². The number of carbonyl (C=O) groups is 1. The Bertz CT molecular complexity index is 647. The minimum absolute atomic E-state index is 0.453. The minimum atomic E-state index is 0.453. The quantitative estimate of drug-likeness (QED) is 0.443. The van der Waals surface area contributed by atoms with Crippen LogP contribution in [0.2, 0.25) is 0 Å². The maximum absolute atomic E-state index is 12.1. The average molecular weight is 399 g/mol. The zero-order chi connectivity index (χ0) is 21.0. The van der Waals surface area contributed by atoms with E-state index in [0.717, 1.165) is 42.4 Å². The van der Waals surface area contributed by atoms with Crippen LogP contribution < -0.4 is 0 Å². The standard InChI is InChI=1S/C28H46O/c1-18(2)19(3)7-8-20(4)24-11-12-25-23-10-9-21-17-22(29)13-15-27(21,5)26(23)14-16-28(24,25)6/h7-8,18-21,23-26H,9-17H2,1-6H3/b8-7+/t19-,20-,21-,23-,24+,25-,26-,27-,28+/m0/s1. The predicted molar refractivity (Wildman–Crippen MR) is 123 cm³/mol. The van der Waals surface area contributed by atoms with Gasteiger partial charge in [0.15, 0.2) is 0 Å². The molecule has 4 saturated carbocycles. The van der Waals surface area contributed by atoms with Crippen LogP contribution in [0.4, 0.5) is 0 Å². The molecule has 0 aromatic rings. The fourth-order valence-electron chi connectivity index (χ4n) is 8.66. The first-order chi connectivity index (χ1) is 13.7. The van der Waals surface area contributed by atoms with Crippen LogP contribution in [0.3, 0.4) is 0 Å². The predicted octanol–water partition coefficient (Wildman–Crippen LogP) is 7.70. The Hall–Kier alpha value is -0.590. The summed E-state index contributed by atoms with van der Waals surface area (Å²) in [7, 11) is 0. The number of hydrogen-bond acceptors (Lipinski definition) is 1.